The first-order valence-corrected chi connectivity index (χ1v) is 5.91. The van der Waals surface area contributed by atoms with E-state index in [-0.39, 0.29) is 12.1 Å². The van der Waals surface area contributed by atoms with Gasteiger partial charge in [-0.05, 0) is 45.0 Å². The van der Waals surface area contributed by atoms with Crippen molar-refractivity contribution in [1.29, 1.82) is 0 Å². The van der Waals surface area contributed by atoms with Gasteiger partial charge in [0.05, 0.1) is 18.8 Å². The first-order chi connectivity index (χ1) is 7.63. The summed E-state index contributed by atoms with van der Waals surface area (Å²) >= 11 is 0. The van der Waals surface area contributed by atoms with E-state index in [2.05, 4.69) is 37.1 Å². The molecule has 0 aliphatic rings. The summed E-state index contributed by atoms with van der Waals surface area (Å²) in [6.45, 7) is 9.87. The number of aromatic nitrogens is 1. The molecule has 3 heteroatoms. The Morgan fingerprint density at radius 3 is 2.75 bits per heavy atom. The molecule has 3 nitrogen and oxygen atoms in total. The van der Waals surface area contributed by atoms with E-state index < -0.39 is 0 Å². The predicted molar refractivity (Wildman–Crippen MR) is 66.5 cm³/mol. The molecule has 1 N–H and O–H groups in total. The fraction of sp³-hybridized carbons (Fsp3) is 0.615. The second-order valence-corrected chi connectivity index (χ2v) is 4.22. The largest absolute Gasteiger partial charge is 0.377 e. The molecule has 1 atom stereocenters. The Morgan fingerprint density at radius 2 is 2.19 bits per heavy atom. The van der Waals surface area contributed by atoms with Crippen LogP contribution in [0.15, 0.2) is 18.3 Å². The van der Waals surface area contributed by atoms with Gasteiger partial charge in [0.1, 0.15) is 0 Å². The summed E-state index contributed by atoms with van der Waals surface area (Å²) in [5.41, 5.74) is 2.29. The molecule has 0 saturated heterocycles. The Labute approximate surface area is 98.2 Å². The van der Waals surface area contributed by atoms with Crippen molar-refractivity contribution in [2.75, 3.05) is 13.2 Å². The molecular weight excluding hydrogens is 200 g/mol. The van der Waals surface area contributed by atoms with E-state index in [4.69, 9.17) is 4.74 Å². The van der Waals surface area contributed by atoms with E-state index >= 15 is 0 Å². The predicted octanol–water partition coefficient (Wildman–Crippen LogP) is 2.47. The van der Waals surface area contributed by atoms with Crippen molar-refractivity contribution in [1.82, 2.24) is 10.3 Å². The summed E-state index contributed by atoms with van der Waals surface area (Å²) in [5.74, 6) is 0. The number of hydrogen-bond donors (Lipinski definition) is 1. The van der Waals surface area contributed by atoms with Crippen molar-refractivity contribution >= 4 is 0 Å². The minimum Gasteiger partial charge on any atom is -0.377 e. The molecule has 0 fully saturated rings. The van der Waals surface area contributed by atoms with Crippen LogP contribution in [0, 0.1) is 6.92 Å². The number of hydrogen-bond acceptors (Lipinski definition) is 3. The third-order valence-corrected chi connectivity index (χ3v) is 2.37. The van der Waals surface area contributed by atoms with Gasteiger partial charge in [-0.25, -0.2) is 0 Å². The zero-order valence-electron chi connectivity index (χ0n) is 10.7. The van der Waals surface area contributed by atoms with Crippen molar-refractivity contribution in [3.63, 3.8) is 0 Å². The number of nitrogens with zero attached hydrogens (tertiary/aromatic N) is 1. The van der Waals surface area contributed by atoms with Gasteiger partial charge < -0.3 is 10.1 Å². The quantitative estimate of drug-likeness (QED) is 0.803. The van der Waals surface area contributed by atoms with Gasteiger partial charge in [0.25, 0.3) is 0 Å². The van der Waals surface area contributed by atoms with E-state index in [1.807, 2.05) is 19.2 Å². The maximum atomic E-state index is 5.67. The summed E-state index contributed by atoms with van der Waals surface area (Å²) in [4.78, 5) is 4.21. The SMILES string of the molecule is CCNC(COC(C)C)c1ccnc(C)c1. The molecule has 0 amide bonds. The molecule has 0 aliphatic carbocycles. The highest BCUT2D eigenvalue weighted by atomic mass is 16.5. The van der Waals surface area contributed by atoms with Crippen molar-refractivity contribution in [2.24, 2.45) is 0 Å². The van der Waals surface area contributed by atoms with Crippen LogP contribution in [-0.4, -0.2) is 24.2 Å². The lowest BCUT2D eigenvalue weighted by Gasteiger charge is -2.20. The van der Waals surface area contributed by atoms with Crippen LogP contribution in [-0.2, 0) is 4.74 Å². The van der Waals surface area contributed by atoms with Gasteiger partial charge in [0, 0.05) is 11.9 Å². The van der Waals surface area contributed by atoms with Gasteiger partial charge in [0.2, 0.25) is 0 Å². The average Bonchev–Trinajstić information content (AvgIpc) is 2.24. The van der Waals surface area contributed by atoms with Crippen molar-refractivity contribution in [3.8, 4) is 0 Å². The topological polar surface area (TPSA) is 34.1 Å². The van der Waals surface area contributed by atoms with Crippen molar-refractivity contribution in [3.05, 3.63) is 29.6 Å². The molecule has 0 radical (unpaired) electrons. The lowest BCUT2D eigenvalue weighted by atomic mass is 10.1. The van der Waals surface area contributed by atoms with Crippen LogP contribution < -0.4 is 5.32 Å². The molecule has 1 aromatic heterocycles. The van der Waals surface area contributed by atoms with Crippen LogP contribution in [0.4, 0.5) is 0 Å². The zero-order valence-corrected chi connectivity index (χ0v) is 10.7. The molecule has 0 bridgehead atoms. The fourth-order valence-electron chi connectivity index (χ4n) is 1.59. The Morgan fingerprint density at radius 1 is 1.44 bits per heavy atom. The van der Waals surface area contributed by atoms with Gasteiger partial charge in [-0.3, -0.25) is 4.98 Å². The third kappa shape index (κ3) is 4.29. The maximum Gasteiger partial charge on any atom is 0.0664 e. The van der Waals surface area contributed by atoms with E-state index in [0.29, 0.717) is 6.61 Å². The van der Waals surface area contributed by atoms with E-state index in [0.717, 1.165) is 12.2 Å². The van der Waals surface area contributed by atoms with Gasteiger partial charge in [-0.1, -0.05) is 6.92 Å². The number of likely N-dealkylation sites (N-methyl/N-ethyl adjacent to an activating group) is 1. The van der Waals surface area contributed by atoms with Crippen LogP contribution in [0.3, 0.4) is 0 Å². The summed E-state index contributed by atoms with van der Waals surface area (Å²) < 4.78 is 5.67. The molecule has 1 unspecified atom stereocenters. The summed E-state index contributed by atoms with van der Waals surface area (Å²) in [5, 5.41) is 3.43. The van der Waals surface area contributed by atoms with Gasteiger partial charge in [-0.15, -0.1) is 0 Å². The van der Waals surface area contributed by atoms with E-state index in [9.17, 15) is 0 Å². The number of rotatable bonds is 6. The van der Waals surface area contributed by atoms with Gasteiger partial charge in [0.15, 0.2) is 0 Å². The Hall–Kier alpha value is -0.930. The monoisotopic (exact) mass is 222 g/mol. The van der Waals surface area contributed by atoms with Crippen LogP contribution in [0.1, 0.15) is 38.1 Å². The summed E-state index contributed by atoms with van der Waals surface area (Å²) in [7, 11) is 0. The lowest BCUT2D eigenvalue weighted by molar-refractivity contribution is 0.0614. The first-order valence-electron chi connectivity index (χ1n) is 5.91. The average molecular weight is 222 g/mol. The second-order valence-electron chi connectivity index (χ2n) is 4.22. The first kappa shape index (κ1) is 13.1. The summed E-state index contributed by atoms with van der Waals surface area (Å²) in [6.07, 6.45) is 2.12. The Bertz CT molecular complexity index is 313. The van der Waals surface area contributed by atoms with E-state index in [1.165, 1.54) is 5.56 Å². The number of aryl methyl sites for hydroxylation is 1. The third-order valence-electron chi connectivity index (χ3n) is 2.37. The highest BCUT2D eigenvalue weighted by molar-refractivity contribution is 5.19. The standard InChI is InChI=1S/C13H22N2O/c1-5-14-13(9-16-10(2)3)12-6-7-15-11(4)8-12/h6-8,10,13-14H,5,9H2,1-4H3. The highest BCUT2D eigenvalue weighted by Gasteiger charge is 2.11. The second kappa shape index (κ2) is 6.61. The molecular formula is C13H22N2O. The molecule has 0 aromatic carbocycles. The smallest absolute Gasteiger partial charge is 0.0664 e. The van der Waals surface area contributed by atoms with Crippen molar-refractivity contribution < 1.29 is 4.74 Å². The molecule has 1 aromatic rings. The number of pyridine rings is 1. The van der Waals surface area contributed by atoms with Crippen molar-refractivity contribution in [2.45, 2.75) is 39.8 Å². The molecule has 16 heavy (non-hydrogen) atoms. The minimum atomic E-state index is 0.258. The molecule has 0 aliphatic heterocycles. The van der Waals surface area contributed by atoms with Gasteiger partial charge in [-0.2, -0.15) is 0 Å². The minimum absolute atomic E-state index is 0.258. The number of nitrogens with one attached hydrogen (secondary N) is 1. The molecule has 0 saturated carbocycles. The molecule has 1 heterocycles. The van der Waals surface area contributed by atoms with Crippen LogP contribution in [0.25, 0.3) is 0 Å². The fourth-order valence-corrected chi connectivity index (χ4v) is 1.59. The zero-order chi connectivity index (χ0) is 12.0. The lowest BCUT2D eigenvalue weighted by Crippen LogP contribution is -2.26. The van der Waals surface area contributed by atoms with Crippen LogP contribution >= 0.6 is 0 Å². The number of ether oxygens (including phenoxy) is 1. The molecule has 1 rings (SSSR count). The molecule has 90 valence electrons. The van der Waals surface area contributed by atoms with Crippen LogP contribution in [0.5, 0.6) is 0 Å². The van der Waals surface area contributed by atoms with E-state index in [1.54, 1.807) is 0 Å². The summed E-state index contributed by atoms with van der Waals surface area (Å²) in [6, 6.07) is 4.41. The van der Waals surface area contributed by atoms with Gasteiger partial charge >= 0.3 is 0 Å². The Balaban J connectivity index is 2.68. The normalized spacial score (nSPS) is 13.1. The Kier molecular flexibility index (Phi) is 5.43. The maximum absolute atomic E-state index is 5.67. The van der Waals surface area contributed by atoms with Crippen LogP contribution in [0.2, 0.25) is 0 Å². The molecule has 0 spiro atoms. The highest BCUT2D eigenvalue weighted by Crippen LogP contribution is 2.14.